The highest BCUT2D eigenvalue weighted by atomic mass is 32.1. The molecule has 4 bridgehead atoms. The van der Waals surface area contributed by atoms with Crippen LogP contribution in [0.15, 0.2) is 164 Å². The summed E-state index contributed by atoms with van der Waals surface area (Å²) in [5.41, 5.74) is 23.3. The summed E-state index contributed by atoms with van der Waals surface area (Å²) in [5, 5.41) is 2.69. The molecule has 9 aromatic rings. The van der Waals surface area contributed by atoms with E-state index in [1.165, 1.54) is 136 Å². The van der Waals surface area contributed by atoms with Gasteiger partial charge >= 0.3 is 0 Å². The topological polar surface area (TPSA) is 3.24 Å². The number of nitrogens with zero attached hydrogens (tertiary/aromatic N) is 1. The smallest absolute Gasteiger partial charge is 0.0543 e. The number of thiophene rings is 1. The fourth-order valence-corrected chi connectivity index (χ4v) is 16.7. The predicted molar refractivity (Wildman–Crippen MR) is 278 cm³/mol. The molecule has 16 rings (SSSR count). The molecule has 7 aliphatic carbocycles. The standard InChI is InChI=1S/C64H53NS/c1-62(2)53-17-9-5-13-44(53)47-25-22-42(33-56(47)62)65(43-23-26-48-45-14-6-10-18-54(45)63(3,4)57(48)34-43)59-36-58-52(35-51(59)39-21-24-50-49-16-8-12-20-60(49)66-61(50)32-39)46-15-7-11-19-55(46)64(58)40-28-37-27-38(30-40)31-41(64)29-37/h5-26,32-38,40-41H,27-31H2,1-4H3. The van der Waals surface area contributed by atoms with Crippen molar-refractivity contribution in [3.05, 3.63) is 197 Å². The summed E-state index contributed by atoms with van der Waals surface area (Å²) in [7, 11) is 0. The zero-order chi connectivity index (χ0) is 43.8. The fourth-order valence-electron chi connectivity index (χ4n) is 15.6. The Balaban J connectivity index is 1.03. The minimum absolute atomic E-state index is 0.0386. The zero-order valence-electron chi connectivity index (χ0n) is 38.3. The van der Waals surface area contributed by atoms with Crippen LogP contribution in [0.3, 0.4) is 0 Å². The number of hydrogen-bond donors (Lipinski definition) is 0. The van der Waals surface area contributed by atoms with Gasteiger partial charge < -0.3 is 4.90 Å². The molecule has 8 aromatic carbocycles. The lowest BCUT2D eigenvalue weighted by molar-refractivity contribution is -0.0399. The fraction of sp³-hybridized carbons (Fsp3) is 0.250. The maximum absolute atomic E-state index is 2.75. The highest BCUT2D eigenvalue weighted by Crippen LogP contribution is 2.70. The van der Waals surface area contributed by atoms with Gasteiger partial charge in [0.2, 0.25) is 0 Å². The monoisotopic (exact) mass is 867 g/mol. The van der Waals surface area contributed by atoms with Crippen LogP contribution < -0.4 is 4.90 Å². The largest absolute Gasteiger partial charge is 0.310 e. The first-order valence-electron chi connectivity index (χ1n) is 24.7. The van der Waals surface area contributed by atoms with Crippen LogP contribution in [-0.2, 0) is 16.2 Å². The van der Waals surface area contributed by atoms with E-state index in [9.17, 15) is 0 Å². The Hall–Kier alpha value is -6.22. The van der Waals surface area contributed by atoms with Crippen molar-refractivity contribution in [2.45, 2.75) is 76.0 Å². The lowest BCUT2D eigenvalue weighted by Gasteiger charge is -2.61. The van der Waals surface area contributed by atoms with Gasteiger partial charge in [-0.3, -0.25) is 0 Å². The third kappa shape index (κ3) is 4.81. The number of anilines is 3. The molecule has 0 saturated heterocycles. The SMILES string of the molecule is CC1(C)c2ccccc2-c2ccc(N(c3ccc4c(c3)C(C)(C)c3ccccc3-4)c3cc4c(cc3-c3ccc5c(c3)sc3ccccc35)-c3ccccc3C43C4CC5CC(C4)CC3C5)cc21. The van der Waals surface area contributed by atoms with Crippen LogP contribution in [-0.4, -0.2) is 0 Å². The number of rotatable bonds is 4. The average Bonchev–Trinajstić information content (AvgIpc) is 3.99. The normalized spacial score (nSPS) is 23.8. The van der Waals surface area contributed by atoms with Crippen molar-refractivity contribution in [1.82, 2.24) is 0 Å². The van der Waals surface area contributed by atoms with E-state index in [1.807, 2.05) is 11.3 Å². The molecule has 4 saturated carbocycles. The summed E-state index contributed by atoms with van der Waals surface area (Å²) in [6.07, 6.45) is 6.92. The highest BCUT2D eigenvalue weighted by Gasteiger charge is 2.61. The van der Waals surface area contributed by atoms with Gasteiger partial charge in [-0.05, 0) is 177 Å². The Labute approximate surface area is 392 Å². The van der Waals surface area contributed by atoms with Crippen molar-refractivity contribution in [3.8, 4) is 44.5 Å². The van der Waals surface area contributed by atoms with Gasteiger partial charge in [0, 0.05) is 53.4 Å². The summed E-state index contributed by atoms with van der Waals surface area (Å²) in [5.74, 6) is 3.12. The van der Waals surface area contributed by atoms with Crippen molar-refractivity contribution in [3.63, 3.8) is 0 Å². The maximum Gasteiger partial charge on any atom is 0.0543 e. The van der Waals surface area contributed by atoms with Gasteiger partial charge in [-0.1, -0.05) is 143 Å². The van der Waals surface area contributed by atoms with Gasteiger partial charge in [0.25, 0.3) is 0 Å². The van der Waals surface area contributed by atoms with Crippen LogP contribution in [0, 0.1) is 23.7 Å². The predicted octanol–water partition coefficient (Wildman–Crippen LogP) is 17.5. The van der Waals surface area contributed by atoms with Crippen LogP contribution in [0.2, 0.25) is 0 Å². The molecular weight excluding hydrogens is 815 g/mol. The molecule has 0 N–H and O–H groups in total. The first-order chi connectivity index (χ1) is 32.2. The Morgan fingerprint density at radius 1 is 0.394 bits per heavy atom. The Morgan fingerprint density at radius 3 is 1.53 bits per heavy atom. The minimum Gasteiger partial charge on any atom is -0.310 e. The van der Waals surface area contributed by atoms with Crippen LogP contribution in [0.4, 0.5) is 17.1 Å². The quantitative estimate of drug-likeness (QED) is 0.170. The average molecular weight is 868 g/mol. The molecule has 0 amide bonds. The van der Waals surface area contributed by atoms with E-state index >= 15 is 0 Å². The molecule has 1 heterocycles. The molecule has 0 aliphatic heterocycles. The van der Waals surface area contributed by atoms with E-state index in [0.29, 0.717) is 11.8 Å². The van der Waals surface area contributed by atoms with Gasteiger partial charge in [0.05, 0.1) is 5.69 Å². The summed E-state index contributed by atoms with van der Waals surface area (Å²) in [6.45, 7) is 9.70. The number of hydrogen-bond acceptors (Lipinski definition) is 2. The van der Waals surface area contributed by atoms with Gasteiger partial charge in [0.1, 0.15) is 0 Å². The van der Waals surface area contributed by atoms with Crippen molar-refractivity contribution in [2.75, 3.05) is 4.90 Å². The molecule has 320 valence electrons. The van der Waals surface area contributed by atoms with Gasteiger partial charge in [0.15, 0.2) is 0 Å². The highest BCUT2D eigenvalue weighted by molar-refractivity contribution is 7.25. The number of fused-ring (bicyclic) bond motifs is 12. The van der Waals surface area contributed by atoms with E-state index in [0.717, 1.165) is 11.8 Å². The van der Waals surface area contributed by atoms with E-state index in [1.54, 1.807) is 11.1 Å². The van der Waals surface area contributed by atoms with E-state index < -0.39 is 0 Å². The molecule has 1 aromatic heterocycles. The van der Waals surface area contributed by atoms with Crippen molar-refractivity contribution in [2.24, 2.45) is 23.7 Å². The zero-order valence-corrected chi connectivity index (χ0v) is 39.1. The first kappa shape index (κ1) is 37.9. The van der Waals surface area contributed by atoms with Crippen LogP contribution in [0.25, 0.3) is 64.7 Å². The van der Waals surface area contributed by atoms with E-state index in [2.05, 4.69) is 196 Å². The van der Waals surface area contributed by atoms with Crippen LogP contribution in [0.5, 0.6) is 0 Å². The summed E-state index contributed by atoms with van der Waals surface area (Å²) in [6, 6.07) is 64.4. The second-order valence-electron chi connectivity index (χ2n) is 22.1. The third-order valence-corrected chi connectivity index (χ3v) is 19.4. The molecular formula is C64H53NS. The van der Waals surface area contributed by atoms with Crippen molar-refractivity contribution >= 4 is 48.6 Å². The van der Waals surface area contributed by atoms with E-state index in [4.69, 9.17) is 0 Å². The summed E-state index contributed by atoms with van der Waals surface area (Å²) < 4.78 is 2.69. The molecule has 0 atom stereocenters. The van der Waals surface area contributed by atoms with Gasteiger partial charge in [-0.2, -0.15) is 0 Å². The Bertz CT molecular complexity index is 3440. The van der Waals surface area contributed by atoms with E-state index in [-0.39, 0.29) is 16.2 Å². The molecule has 0 radical (unpaired) electrons. The molecule has 2 heteroatoms. The van der Waals surface area contributed by atoms with Crippen molar-refractivity contribution < 1.29 is 0 Å². The first-order valence-corrected chi connectivity index (χ1v) is 25.5. The molecule has 66 heavy (non-hydrogen) atoms. The second kappa shape index (κ2) is 13.0. The summed E-state index contributed by atoms with van der Waals surface area (Å²) >= 11 is 1.93. The lowest BCUT2D eigenvalue weighted by atomic mass is 9.43. The number of benzene rings is 8. The van der Waals surface area contributed by atoms with Crippen LogP contribution in [0.1, 0.15) is 93.2 Å². The summed E-state index contributed by atoms with van der Waals surface area (Å²) in [4.78, 5) is 2.69. The minimum atomic E-state index is -0.131. The molecule has 1 nitrogen and oxygen atoms in total. The molecule has 1 spiro atoms. The van der Waals surface area contributed by atoms with Gasteiger partial charge in [-0.25, -0.2) is 0 Å². The molecule has 7 aliphatic rings. The molecule has 0 unspecified atom stereocenters. The Kier molecular flexibility index (Phi) is 7.48. The van der Waals surface area contributed by atoms with Crippen LogP contribution >= 0.6 is 11.3 Å². The van der Waals surface area contributed by atoms with Crippen molar-refractivity contribution in [1.29, 1.82) is 0 Å². The van der Waals surface area contributed by atoms with Gasteiger partial charge in [-0.15, -0.1) is 11.3 Å². The Morgan fingerprint density at radius 2 is 0.909 bits per heavy atom. The second-order valence-corrected chi connectivity index (χ2v) is 23.2. The molecule has 4 fully saturated rings. The lowest BCUT2D eigenvalue weighted by Crippen LogP contribution is -2.55. The third-order valence-electron chi connectivity index (χ3n) is 18.3. The maximum atomic E-state index is 2.75.